The van der Waals surface area contributed by atoms with Crippen LogP contribution in [-0.4, -0.2) is 26.4 Å². The molecule has 0 aliphatic heterocycles. The molecule has 1 saturated carbocycles. The fraction of sp³-hybridized carbons (Fsp3) is 0.444. The average Bonchev–Trinajstić information content (AvgIpc) is 2.78. The smallest absolute Gasteiger partial charge is 0.145 e. The number of nitrogens with one attached hydrogen (secondary N) is 2. The highest BCUT2D eigenvalue weighted by molar-refractivity contribution is 7.14. The van der Waals surface area contributed by atoms with E-state index in [0.717, 1.165) is 23.3 Å². The van der Waals surface area contributed by atoms with E-state index < -0.39 is 0 Å². The summed E-state index contributed by atoms with van der Waals surface area (Å²) in [7, 11) is 0. The first-order chi connectivity index (χ1) is 7.42. The zero-order valence-electron chi connectivity index (χ0n) is 8.10. The van der Waals surface area contributed by atoms with Gasteiger partial charge in [0.15, 0.2) is 0 Å². The van der Waals surface area contributed by atoms with Crippen LogP contribution in [0.25, 0.3) is 10.7 Å². The normalized spacial score (nSPS) is 15.7. The first-order valence-corrected chi connectivity index (χ1v) is 5.78. The number of thiazole rings is 1. The van der Waals surface area contributed by atoms with Gasteiger partial charge in [0.1, 0.15) is 10.7 Å². The third-order valence-corrected chi connectivity index (χ3v) is 3.35. The highest BCUT2D eigenvalue weighted by Gasteiger charge is 2.20. The first kappa shape index (κ1) is 8.99. The average molecular weight is 221 g/mol. The molecule has 0 saturated heterocycles. The lowest BCUT2D eigenvalue weighted by atomic mass is 10.5. The molecule has 1 fully saturated rings. The van der Waals surface area contributed by atoms with Crippen molar-refractivity contribution >= 4 is 11.3 Å². The largest absolute Gasteiger partial charge is 0.309 e. The van der Waals surface area contributed by atoms with Crippen molar-refractivity contribution in [1.29, 1.82) is 0 Å². The van der Waals surface area contributed by atoms with Gasteiger partial charge in [0.05, 0.1) is 6.20 Å². The molecule has 0 radical (unpaired) electrons. The number of hydrogen-bond donors (Lipinski definition) is 2. The SMILES string of the molecule is c1n[nH]nc1-c1ncc(CNC2CC2)s1. The predicted molar refractivity (Wildman–Crippen MR) is 57.4 cm³/mol. The standard InChI is InChI=1S/C9H11N5S/c1-2-6(1)10-3-7-4-11-9(15-7)8-5-12-14-13-8/h4-6,10H,1-3H2,(H,12,13,14). The van der Waals surface area contributed by atoms with Gasteiger partial charge in [0, 0.05) is 23.7 Å². The Kier molecular flexibility index (Phi) is 2.22. The molecule has 0 aromatic carbocycles. The summed E-state index contributed by atoms with van der Waals surface area (Å²) in [5, 5.41) is 14.7. The summed E-state index contributed by atoms with van der Waals surface area (Å²) < 4.78 is 0. The number of nitrogens with zero attached hydrogens (tertiary/aromatic N) is 3. The predicted octanol–water partition coefficient (Wildman–Crippen LogP) is 1.18. The number of aromatic amines is 1. The summed E-state index contributed by atoms with van der Waals surface area (Å²) in [6.07, 6.45) is 6.23. The molecule has 3 rings (SSSR count). The second-order valence-corrected chi connectivity index (χ2v) is 4.76. The van der Waals surface area contributed by atoms with E-state index in [4.69, 9.17) is 0 Å². The summed E-state index contributed by atoms with van der Waals surface area (Å²) in [6, 6.07) is 0.739. The Bertz CT molecular complexity index is 431. The Morgan fingerprint density at radius 2 is 2.40 bits per heavy atom. The lowest BCUT2D eigenvalue weighted by molar-refractivity contribution is 0.694. The molecule has 0 spiro atoms. The Morgan fingerprint density at radius 1 is 1.47 bits per heavy atom. The molecule has 0 amide bonds. The summed E-state index contributed by atoms with van der Waals surface area (Å²) in [5.41, 5.74) is 0.817. The summed E-state index contributed by atoms with van der Waals surface area (Å²) >= 11 is 1.66. The number of rotatable bonds is 4. The van der Waals surface area contributed by atoms with Crippen molar-refractivity contribution in [3.8, 4) is 10.7 Å². The number of aromatic nitrogens is 4. The molecular formula is C9H11N5S. The number of hydrogen-bond acceptors (Lipinski definition) is 5. The molecule has 6 heteroatoms. The third kappa shape index (κ3) is 2.05. The minimum Gasteiger partial charge on any atom is -0.309 e. The maximum atomic E-state index is 4.31. The fourth-order valence-corrected chi connectivity index (χ4v) is 2.16. The molecule has 2 N–H and O–H groups in total. The van der Waals surface area contributed by atoms with Crippen molar-refractivity contribution < 1.29 is 0 Å². The zero-order valence-corrected chi connectivity index (χ0v) is 8.92. The molecule has 2 aromatic rings. The van der Waals surface area contributed by atoms with E-state index in [0.29, 0.717) is 0 Å². The third-order valence-electron chi connectivity index (χ3n) is 2.33. The van der Waals surface area contributed by atoms with Crippen LogP contribution >= 0.6 is 11.3 Å². The van der Waals surface area contributed by atoms with Gasteiger partial charge in [0.25, 0.3) is 0 Å². The Morgan fingerprint density at radius 3 is 3.13 bits per heavy atom. The minimum atomic E-state index is 0.739. The van der Waals surface area contributed by atoms with Crippen molar-refractivity contribution in [2.24, 2.45) is 0 Å². The first-order valence-electron chi connectivity index (χ1n) is 4.96. The van der Waals surface area contributed by atoms with Gasteiger partial charge in [0.2, 0.25) is 0 Å². The lowest BCUT2D eigenvalue weighted by Gasteiger charge is -1.96. The van der Waals surface area contributed by atoms with Crippen molar-refractivity contribution in [2.75, 3.05) is 0 Å². The summed E-state index contributed by atoms with van der Waals surface area (Å²) in [4.78, 5) is 5.56. The molecule has 2 heterocycles. The molecule has 78 valence electrons. The Hall–Kier alpha value is -1.27. The second-order valence-electron chi connectivity index (χ2n) is 3.64. The van der Waals surface area contributed by atoms with E-state index in [1.165, 1.54) is 17.7 Å². The van der Waals surface area contributed by atoms with Gasteiger partial charge in [-0.1, -0.05) is 0 Å². The van der Waals surface area contributed by atoms with Gasteiger partial charge >= 0.3 is 0 Å². The van der Waals surface area contributed by atoms with Gasteiger partial charge < -0.3 is 5.32 Å². The second kappa shape index (κ2) is 3.71. The van der Waals surface area contributed by atoms with Crippen LogP contribution in [0.1, 0.15) is 17.7 Å². The van der Waals surface area contributed by atoms with E-state index >= 15 is 0 Å². The monoisotopic (exact) mass is 221 g/mol. The van der Waals surface area contributed by atoms with Crippen LogP contribution < -0.4 is 5.32 Å². The summed E-state index contributed by atoms with van der Waals surface area (Å²) in [5.74, 6) is 0. The van der Waals surface area contributed by atoms with E-state index in [9.17, 15) is 0 Å². The maximum absolute atomic E-state index is 4.31. The number of H-pyrrole nitrogens is 1. The van der Waals surface area contributed by atoms with Gasteiger partial charge in [-0.05, 0) is 12.8 Å². The van der Waals surface area contributed by atoms with Crippen LogP contribution in [0.5, 0.6) is 0 Å². The fourth-order valence-electron chi connectivity index (χ4n) is 1.34. The van der Waals surface area contributed by atoms with E-state index in [1.807, 2.05) is 6.20 Å². The molecule has 2 aromatic heterocycles. The van der Waals surface area contributed by atoms with Crippen molar-refractivity contribution in [1.82, 2.24) is 25.7 Å². The highest BCUT2D eigenvalue weighted by atomic mass is 32.1. The maximum Gasteiger partial charge on any atom is 0.145 e. The quantitative estimate of drug-likeness (QED) is 0.813. The van der Waals surface area contributed by atoms with Crippen LogP contribution in [0.4, 0.5) is 0 Å². The Balaban J connectivity index is 1.69. The molecule has 15 heavy (non-hydrogen) atoms. The van der Waals surface area contributed by atoms with Gasteiger partial charge in [-0.3, -0.25) is 0 Å². The van der Waals surface area contributed by atoms with Crippen LogP contribution in [0.3, 0.4) is 0 Å². The molecular weight excluding hydrogens is 210 g/mol. The minimum absolute atomic E-state index is 0.739. The topological polar surface area (TPSA) is 66.5 Å². The summed E-state index contributed by atoms with van der Waals surface area (Å²) in [6.45, 7) is 0.917. The molecule has 0 unspecified atom stereocenters. The van der Waals surface area contributed by atoms with Crippen LogP contribution in [0.15, 0.2) is 12.4 Å². The molecule has 1 aliphatic rings. The van der Waals surface area contributed by atoms with Crippen LogP contribution in [0, 0.1) is 0 Å². The Labute approximate surface area is 90.9 Å². The molecule has 1 aliphatic carbocycles. The molecule has 5 nitrogen and oxygen atoms in total. The van der Waals surface area contributed by atoms with Crippen molar-refractivity contribution in [2.45, 2.75) is 25.4 Å². The van der Waals surface area contributed by atoms with Gasteiger partial charge in [-0.25, -0.2) is 4.98 Å². The highest BCUT2D eigenvalue weighted by Crippen LogP contribution is 2.24. The van der Waals surface area contributed by atoms with Crippen molar-refractivity contribution in [3.05, 3.63) is 17.3 Å². The van der Waals surface area contributed by atoms with Crippen molar-refractivity contribution in [3.63, 3.8) is 0 Å². The van der Waals surface area contributed by atoms with Crippen LogP contribution in [0.2, 0.25) is 0 Å². The van der Waals surface area contributed by atoms with E-state index in [-0.39, 0.29) is 0 Å². The van der Waals surface area contributed by atoms with Gasteiger partial charge in [-0.2, -0.15) is 15.4 Å². The molecule has 0 atom stereocenters. The molecule has 0 bridgehead atoms. The van der Waals surface area contributed by atoms with E-state index in [2.05, 4.69) is 25.7 Å². The lowest BCUT2D eigenvalue weighted by Crippen LogP contribution is -2.14. The van der Waals surface area contributed by atoms with Crippen LogP contribution in [-0.2, 0) is 6.54 Å². The van der Waals surface area contributed by atoms with E-state index in [1.54, 1.807) is 17.5 Å². The van der Waals surface area contributed by atoms with Gasteiger partial charge in [-0.15, -0.1) is 11.3 Å². The zero-order chi connectivity index (χ0) is 10.1.